The number of nitrogens with zero attached hydrogens (tertiary/aromatic N) is 2. The van der Waals surface area contributed by atoms with Crippen molar-refractivity contribution < 1.29 is 4.79 Å². The molecule has 2 rings (SSSR count). The van der Waals surface area contributed by atoms with Gasteiger partial charge in [0, 0.05) is 19.1 Å². The Hall–Kier alpha value is -0.610. The van der Waals surface area contributed by atoms with Crippen LogP contribution < -0.4 is 5.32 Å². The van der Waals surface area contributed by atoms with E-state index in [9.17, 15) is 4.79 Å². The third-order valence-electron chi connectivity index (χ3n) is 5.51. The number of likely N-dealkylation sites (N-methyl/N-ethyl adjacent to an activating group) is 1. The minimum atomic E-state index is -0.355. The van der Waals surface area contributed by atoms with Gasteiger partial charge >= 0.3 is 0 Å². The maximum Gasteiger partial charge on any atom is 0.243 e. The van der Waals surface area contributed by atoms with E-state index < -0.39 is 0 Å². The molecule has 2 unspecified atom stereocenters. The van der Waals surface area contributed by atoms with Crippen LogP contribution in [0.5, 0.6) is 0 Å². The van der Waals surface area contributed by atoms with Crippen molar-refractivity contribution >= 4 is 5.91 Å². The number of amides is 1. The predicted octanol–water partition coefficient (Wildman–Crippen LogP) is 2.59. The molecule has 1 saturated carbocycles. The van der Waals surface area contributed by atoms with Gasteiger partial charge in [0.15, 0.2) is 0 Å². The van der Waals surface area contributed by atoms with Gasteiger partial charge in [0.1, 0.15) is 0 Å². The molecule has 0 aromatic heterocycles. The van der Waals surface area contributed by atoms with E-state index in [0.717, 1.165) is 38.4 Å². The van der Waals surface area contributed by atoms with Gasteiger partial charge in [-0.05, 0) is 39.7 Å². The quantitative estimate of drug-likeness (QED) is 0.784. The molecule has 1 saturated heterocycles. The largest absolute Gasteiger partial charge is 0.324 e. The molecule has 122 valence electrons. The van der Waals surface area contributed by atoms with Gasteiger partial charge in [0.25, 0.3) is 0 Å². The molecule has 2 fully saturated rings. The summed E-state index contributed by atoms with van der Waals surface area (Å²) in [5.41, 5.74) is -0.355. The summed E-state index contributed by atoms with van der Waals surface area (Å²) in [6.45, 7) is 8.20. The van der Waals surface area contributed by atoms with E-state index in [1.807, 2.05) is 0 Å². The minimum absolute atomic E-state index is 0.226. The van der Waals surface area contributed by atoms with Gasteiger partial charge in [-0.3, -0.25) is 10.1 Å². The maximum absolute atomic E-state index is 12.7. The van der Waals surface area contributed by atoms with Crippen molar-refractivity contribution in [1.82, 2.24) is 15.1 Å². The molecule has 0 aromatic rings. The minimum Gasteiger partial charge on any atom is -0.324 e. The Kier molecular flexibility index (Phi) is 5.67. The number of hydrogen-bond acceptors (Lipinski definition) is 3. The molecule has 1 N–H and O–H groups in total. The second-order valence-electron chi connectivity index (χ2n) is 7.05. The van der Waals surface area contributed by atoms with E-state index >= 15 is 0 Å². The van der Waals surface area contributed by atoms with Crippen LogP contribution in [0, 0.1) is 0 Å². The highest BCUT2D eigenvalue weighted by atomic mass is 16.2. The van der Waals surface area contributed by atoms with E-state index in [1.54, 1.807) is 0 Å². The fourth-order valence-electron chi connectivity index (χ4n) is 3.77. The van der Waals surface area contributed by atoms with Gasteiger partial charge in [-0.25, -0.2) is 0 Å². The molecule has 2 atom stereocenters. The smallest absolute Gasteiger partial charge is 0.243 e. The zero-order valence-electron chi connectivity index (χ0n) is 14.3. The van der Waals surface area contributed by atoms with Crippen LogP contribution in [-0.2, 0) is 4.79 Å². The Labute approximate surface area is 130 Å². The van der Waals surface area contributed by atoms with Crippen LogP contribution in [0.4, 0.5) is 0 Å². The van der Waals surface area contributed by atoms with Crippen LogP contribution in [0.15, 0.2) is 0 Å². The zero-order chi connectivity index (χ0) is 15.5. The van der Waals surface area contributed by atoms with Crippen molar-refractivity contribution in [2.24, 2.45) is 0 Å². The van der Waals surface area contributed by atoms with Gasteiger partial charge < -0.3 is 9.80 Å². The molecular weight excluding hydrogens is 262 g/mol. The summed E-state index contributed by atoms with van der Waals surface area (Å²) in [6.07, 6.45) is 8.64. The van der Waals surface area contributed by atoms with E-state index in [4.69, 9.17) is 0 Å². The van der Waals surface area contributed by atoms with Gasteiger partial charge in [-0.2, -0.15) is 0 Å². The standard InChI is InChI=1S/C17H33N3O/c1-5-9-15-18-17(3,6-2)16(21)20(15)13-12-19(4)14-10-7-8-11-14/h14-15,18H,5-13H2,1-4H3. The second-order valence-corrected chi connectivity index (χ2v) is 7.05. The van der Waals surface area contributed by atoms with Crippen LogP contribution >= 0.6 is 0 Å². The molecule has 1 heterocycles. The summed E-state index contributed by atoms with van der Waals surface area (Å²) < 4.78 is 0. The number of nitrogens with one attached hydrogen (secondary N) is 1. The molecule has 1 aliphatic carbocycles. The number of rotatable bonds is 7. The third-order valence-corrected chi connectivity index (χ3v) is 5.51. The molecule has 4 heteroatoms. The Balaban J connectivity index is 1.93. The highest BCUT2D eigenvalue weighted by molar-refractivity contribution is 5.88. The first-order chi connectivity index (χ1) is 10.0. The number of carbonyl (C=O) groups is 1. The fourth-order valence-corrected chi connectivity index (χ4v) is 3.77. The van der Waals surface area contributed by atoms with Crippen LogP contribution in [0.2, 0.25) is 0 Å². The SMILES string of the molecule is CCCC1NC(C)(CC)C(=O)N1CCN(C)C1CCCC1. The Morgan fingerprint density at radius 2 is 2.00 bits per heavy atom. The lowest BCUT2D eigenvalue weighted by Gasteiger charge is -2.29. The predicted molar refractivity (Wildman–Crippen MR) is 87.1 cm³/mol. The summed E-state index contributed by atoms with van der Waals surface area (Å²) in [5.74, 6) is 0.295. The topological polar surface area (TPSA) is 35.6 Å². The molecule has 1 amide bonds. The molecule has 1 aliphatic heterocycles. The average molecular weight is 295 g/mol. The molecule has 0 aromatic carbocycles. The van der Waals surface area contributed by atoms with Gasteiger partial charge in [-0.15, -0.1) is 0 Å². The fraction of sp³-hybridized carbons (Fsp3) is 0.941. The van der Waals surface area contributed by atoms with Crippen LogP contribution in [0.25, 0.3) is 0 Å². The lowest BCUT2D eigenvalue weighted by molar-refractivity contribution is -0.133. The highest BCUT2D eigenvalue weighted by Crippen LogP contribution is 2.26. The Morgan fingerprint density at radius 3 is 2.57 bits per heavy atom. The summed E-state index contributed by atoms with van der Waals surface area (Å²) in [6, 6.07) is 0.734. The first-order valence-corrected chi connectivity index (χ1v) is 8.80. The van der Waals surface area contributed by atoms with E-state index in [1.165, 1.54) is 25.7 Å². The molecule has 21 heavy (non-hydrogen) atoms. The first-order valence-electron chi connectivity index (χ1n) is 8.80. The van der Waals surface area contributed by atoms with Gasteiger partial charge in [0.05, 0.1) is 11.7 Å². The van der Waals surface area contributed by atoms with E-state index in [2.05, 4.69) is 42.9 Å². The van der Waals surface area contributed by atoms with Crippen molar-refractivity contribution in [3.63, 3.8) is 0 Å². The van der Waals surface area contributed by atoms with Crippen molar-refractivity contribution in [1.29, 1.82) is 0 Å². The summed E-state index contributed by atoms with van der Waals surface area (Å²) in [7, 11) is 2.22. The van der Waals surface area contributed by atoms with Crippen molar-refractivity contribution in [2.75, 3.05) is 20.1 Å². The van der Waals surface area contributed by atoms with Crippen molar-refractivity contribution in [2.45, 2.75) is 83.5 Å². The monoisotopic (exact) mass is 295 g/mol. The number of hydrogen-bond donors (Lipinski definition) is 1. The lowest BCUT2D eigenvalue weighted by atomic mass is 9.99. The third kappa shape index (κ3) is 3.59. The lowest BCUT2D eigenvalue weighted by Crippen LogP contribution is -2.44. The summed E-state index contributed by atoms with van der Waals surface area (Å²) in [5, 5.41) is 3.57. The molecule has 0 radical (unpaired) electrons. The highest BCUT2D eigenvalue weighted by Gasteiger charge is 2.45. The van der Waals surface area contributed by atoms with E-state index in [0.29, 0.717) is 5.91 Å². The van der Waals surface area contributed by atoms with Crippen LogP contribution in [0.3, 0.4) is 0 Å². The van der Waals surface area contributed by atoms with Crippen molar-refractivity contribution in [3.05, 3.63) is 0 Å². The number of carbonyl (C=O) groups excluding carboxylic acids is 1. The van der Waals surface area contributed by atoms with Crippen molar-refractivity contribution in [3.8, 4) is 0 Å². The normalized spacial score (nSPS) is 30.8. The average Bonchev–Trinajstić information content (AvgIpc) is 3.07. The van der Waals surface area contributed by atoms with Gasteiger partial charge in [-0.1, -0.05) is 33.1 Å². The van der Waals surface area contributed by atoms with Crippen LogP contribution in [0.1, 0.15) is 65.7 Å². The van der Waals surface area contributed by atoms with Gasteiger partial charge in [0.2, 0.25) is 5.91 Å². The molecule has 4 nitrogen and oxygen atoms in total. The molecular formula is C17H33N3O. The molecule has 2 aliphatic rings. The Morgan fingerprint density at radius 1 is 1.33 bits per heavy atom. The maximum atomic E-state index is 12.7. The van der Waals surface area contributed by atoms with Crippen LogP contribution in [-0.4, -0.2) is 53.6 Å². The zero-order valence-corrected chi connectivity index (χ0v) is 14.3. The summed E-state index contributed by atoms with van der Waals surface area (Å²) >= 11 is 0. The molecule has 0 spiro atoms. The van der Waals surface area contributed by atoms with E-state index in [-0.39, 0.29) is 11.7 Å². The second kappa shape index (κ2) is 7.10. The summed E-state index contributed by atoms with van der Waals surface area (Å²) in [4.78, 5) is 17.3. The molecule has 0 bridgehead atoms. The first kappa shape index (κ1) is 16.8. The Bertz CT molecular complexity index is 354.